The number of pyridine rings is 1. The molecular formula is C41H46Cl2N4O7. The molecule has 286 valence electrons. The lowest BCUT2D eigenvalue weighted by atomic mass is 9.96. The number of hydrogen-bond acceptors (Lipinski definition) is 10. The van der Waals surface area contributed by atoms with Gasteiger partial charge >= 0.3 is 5.97 Å². The van der Waals surface area contributed by atoms with Gasteiger partial charge in [-0.2, -0.15) is 5.26 Å². The molecule has 1 saturated heterocycles. The minimum absolute atomic E-state index is 0.0756. The van der Waals surface area contributed by atoms with E-state index in [1.165, 1.54) is 13.1 Å². The number of hydrogen-bond donors (Lipinski definition) is 3. The molecule has 2 unspecified atom stereocenters. The third-order valence-corrected chi connectivity index (χ3v) is 10.5. The summed E-state index contributed by atoms with van der Waals surface area (Å²) in [4.78, 5) is 20.2. The van der Waals surface area contributed by atoms with Crippen LogP contribution in [0.4, 0.5) is 0 Å². The van der Waals surface area contributed by atoms with Crippen molar-refractivity contribution in [1.29, 1.82) is 5.26 Å². The lowest BCUT2D eigenvalue weighted by Gasteiger charge is -2.36. The summed E-state index contributed by atoms with van der Waals surface area (Å²) in [6.45, 7) is 8.34. The van der Waals surface area contributed by atoms with Gasteiger partial charge in [0.15, 0.2) is 0 Å². The van der Waals surface area contributed by atoms with Crippen molar-refractivity contribution in [1.82, 2.24) is 14.8 Å². The van der Waals surface area contributed by atoms with Crippen molar-refractivity contribution in [3.05, 3.63) is 105 Å². The van der Waals surface area contributed by atoms with Crippen LogP contribution in [0.25, 0.3) is 11.1 Å². The van der Waals surface area contributed by atoms with Gasteiger partial charge in [-0.15, -0.1) is 0 Å². The standard InChI is InChI=1S/C41H46Cl2N4O7/c1-4-47(41(3,26-48)40(50)51)22-31-17-35(42)38(18-37(31)53-24-29-16-28(19-44)20-45-21-29)54-25-30-8-5-9-33(27(30)2)34-10-6-11-36(39(34)43)52-15-7-13-46-14-12-32(49)23-46/h5-6,8-11,16-18,20-21,32,48-49H,4,7,12-15,22-26H2,1-3H3,(H,50,51). The number of aromatic nitrogens is 1. The lowest BCUT2D eigenvalue weighted by Crippen LogP contribution is -2.54. The normalized spacial score (nSPS) is 15.5. The number of benzene rings is 3. The molecule has 0 bridgehead atoms. The van der Waals surface area contributed by atoms with Gasteiger partial charge in [0, 0.05) is 61.3 Å². The van der Waals surface area contributed by atoms with Gasteiger partial charge in [0.05, 0.1) is 34.9 Å². The highest BCUT2D eigenvalue weighted by molar-refractivity contribution is 6.35. The quantitative estimate of drug-likeness (QED) is 0.0908. The summed E-state index contributed by atoms with van der Waals surface area (Å²) in [6.07, 6.45) is 4.46. The van der Waals surface area contributed by atoms with Gasteiger partial charge in [-0.3, -0.25) is 14.7 Å². The van der Waals surface area contributed by atoms with Crippen molar-refractivity contribution in [2.75, 3.05) is 39.4 Å². The Morgan fingerprint density at radius 1 is 1.04 bits per heavy atom. The molecule has 11 nitrogen and oxygen atoms in total. The van der Waals surface area contributed by atoms with Crippen molar-refractivity contribution >= 4 is 29.2 Å². The number of ether oxygens (including phenoxy) is 3. The molecule has 3 aromatic carbocycles. The van der Waals surface area contributed by atoms with E-state index < -0.39 is 18.1 Å². The number of carboxylic acid groups (broad SMARTS) is 1. The Kier molecular flexibility index (Phi) is 14.2. The molecule has 0 spiro atoms. The molecule has 0 radical (unpaired) electrons. The average Bonchev–Trinajstić information content (AvgIpc) is 3.59. The van der Waals surface area contributed by atoms with Crippen LogP contribution in [0.5, 0.6) is 17.2 Å². The average molecular weight is 778 g/mol. The van der Waals surface area contributed by atoms with Crippen LogP contribution in [0.3, 0.4) is 0 Å². The van der Waals surface area contributed by atoms with E-state index in [2.05, 4.69) is 16.0 Å². The summed E-state index contributed by atoms with van der Waals surface area (Å²) >= 11 is 13.7. The van der Waals surface area contributed by atoms with Crippen LogP contribution in [0.15, 0.2) is 67.0 Å². The topological polar surface area (TPSA) is 149 Å². The first kappa shape index (κ1) is 40.8. The predicted molar refractivity (Wildman–Crippen MR) is 207 cm³/mol. The molecular weight excluding hydrogens is 731 g/mol. The molecule has 1 aliphatic rings. The summed E-state index contributed by atoms with van der Waals surface area (Å²) in [5, 5.41) is 39.9. The molecule has 2 heterocycles. The number of likely N-dealkylation sites (N-methyl/N-ethyl adjacent to an activating group) is 1. The molecule has 2 atom stereocenters. The van der Waals surface area contributed by atoms with Crippen LogP contribution in [-0.4, -0.2) is 87.1 Å². The number of rotatable bonds is 18. The third-order valence-electron chi connectivity index (χ3n) is 9.85. The molecule has 0 aliphatic carbocycles. The first-order valence-electron chi connectivity index (χ1n) is 17.9. The van der Waals surface area contributed by atoms with Crippen LogP contribution in [0, 0.1) is 18.3 Å². The Balaban J connectivity index is 1.35. The Bertz CT molecular complexity index is 1970. The van der Waals surface area contributed by atoms with Gasteiger partial charge in [-0.05, 0) is 68.1 Å². The molecule has 1 aromatic heterocycles. The highest BCUT2D eigenvalue weighted by Gasteiger charge is 2.39. The summed E-state index contributed by atoms with van der Waals surface area (Å²) in [7, 11) is 0. The lowest BCUT2D eigenvalue weighted by molar-refractivity contribution is -0.153. The van der Waals surface area contributed by atoms with Gasteiger partial charge in [0.1, 0.15) is 42.1 Å². The maximum atomic E-state index is 12.2. The van der Waals surface area contributed by atoms with E-state index in [-0.39, 0.29) is 25.9 Å². The van der Waals surface area contributed by atoms with E-state index in [1.807, 2.05) is 50.2 Å². The second kappa shape index (κ2) is 18.8. The number of nitrogens with zero attached hydrogens (tertiary/aromatic N) is 4. The second-order valence-electron chi connectivity index (χ2n) is 13.6. The van der Waals surface area contributed by atoms with E-state index in [0.29, 0.717) is 63.7 Å². The zero-order chi connectivity index (χ0) is 38.8. The van der Waals surface area contributed by atoms with Crippen molar-refractivity contribution in [2.24, 2.45) is 0 Å². The van der Waals surface area contributed by atoms with Crippen LogP contribution in [0.1, 0.15) is 54.5 Å². The molecule has 0 saturated carbocycles. The number of aliphatic hydroxyl groups is 2. The molecule has 3 N–H and O–H groups in total. The van der Waals surface area contributed by atoms with Gasteiger partial charge < -0.3 is 34.4 Å². The van der Waals surface area contributed by atoms with Crippen molar-refractivity contribution in [3.8, 4) is 34.4 Å². The number of aliphatic hydroxyl groups excluding tert-OH is 2. The van der Waals surface area contributed by atoms with E-state index in [1.54, 1.807) is 29.3 Å². The van der Waals surface area contributed by atoms with Crippen molar-refractivity contribution < 1.29 is 34.3 Å². The summed E-state index contributed by atoms with van der Waals surface area (Å²) in [5.74, 6) is 0.198. The van der Waals surface area contributed by atoms with Gasteiger partial charge in [-0.1, -0.05) is 60.5 Å². The van der Waals surface area contributed by atoms with E-state index in [4.69, 9.17) is 37.4 Å². The van der Waals surface area contributed by atoms with Crippen LogP contribution in [-0.2, 0) is 24.6 Å². The molecule has 0 amide bonds. The SMILES string of the molecule is CCN(Cc1cc(Cl)c(OCc2cccc(-c3cccc(OCCCN4CCC(O)C4)c3Cl)c2C)cc1OCc1cncc(C#N)c1)C(C)(CO)C(=O)O. The molecule has 1 aliphatic heterocycles. The molecule has 1 fully saturated rings. The van der Waals surface area contributed by atoms with Gasteiger partial charge in [-0.25, -0.2) is 0 Å². The maximum Gasteiger partial charge on any atom is 0.326 e. The monoisotopic (exact) mass is 776 g/mol. The van der Waals surface area contributed by atoms with E-state index in [9.17, 15) is 25.4 Å². The molecule has 54 heavy (non-hydrogen) atoms. The molecule has 4 aromatic rings. The summed E-state index contributed by atoms with van der Waals surface area (Å²) < 4.78 is 18.6. The first-order chi connectivity index (χ1) is 26.0. The van der Waals surface area contributed by atoms with Crippen LogP contribution < -0.4 is 14.2 Å². The minimum Gasteiger partial charge on any atom is -0.492 e. The molecule has 5 rings (SSSR count). The number of β-amino-alcohol motifs (C(OH)–C–C–N with tert-alkyl or cyclic N) is 1. The summed E-state index contributed by atoms with van der Waals surface area (Å²) in [5.41, 5.74) is 3.73. The maximum absolute atomic E-state index is 12.2. The highest BCUT2D eigenvalue weighted by Crippen LogP contribution is 2.39. The fourth-order valence-corrected chi connectivity index (χ4v) is 7.00. The first-order valence-corrected chi connectivity index (χ1v) is 18.6. The third kappa shape index (κ3) is 9.82. The Labute approximate surface area is 326 Å². The number of aliphatic carboxylic acids is 1. The Hall–Kier alpha value is -4.41. The zero-order valence-corrected chi connectivity index (χ0v) is 32.2. The number of carbonyl (C=O) groups is 1. The molecule has 13 heteroatoms. The highest BCUT2D eigenvalue weighted by atomic mass is 35.5. The van der Waals surface area contributed by atoms with Gasteiger partial charge in [0.25, 0.3) is 0 Å². The Morgan fingerprint density at radius 3 is 2.50 bits per heavy atom. The number of halogens is 2. The fourth-order valence-electron chi connectivity index (χ4n) is 6.48. The van der Waals surface area contributed by atoms with Gasteiger partial charge in [0.2, 0.25) is 0 Å². The summed E-state index contributed by atoms with van der Waals surface area (Å²) in [6, 6.07) is 18.8. The number of likely N-dealkylation sites (tertiary alicyclic amines) is 1. The fraction of sp³-hybridized carbons (Fsp3) is 0.390. The van der Waals surface area contributed by atoms with Crippen LogP contribution >= 0.6 is 23.2 Å². The zero-order valence-electron chi connectivity index (χ0n) is 30.7. The van der Waals surface area contributed by atoms with E-state index >= 15 is 0 Å². The minimum atomic E-state index is -1.55. The van der Waals surface area contributed by atoms with Crippen LogP contribution in [0.2, 0.25) is 10.0 Å². The smallest absolute Gasteiger partial charge is 0.326 e. The van der Waals surface area contributed by atoms with E-state index in [0.717, 1.165) is 48.2 Å². The van der Waals surface area contributed by atoms with Crippen molar-refractivity contribution in [3.63, 3.8) is 0 Å². The Morgan fingerprint density at radius 2 is 1.80 bits per heavy atom. The van der Waals surface area contributed by atoms with Crippen molar-refractivity contribution in [2.45, 2.75) is 65.0 Å². The number of carboxylic acids is 1. The largest absolute Gasteiger partial charge is 0.492 e. The number of nitriles is 1. The predicted octanol–water partition coefficient (Wildman–Crippen LogP) is 6.89. The second-order valence-corrected chi connectivity index (χ2v) is 14.4.